The van der Waals surface area contributed by atoms with E-state index in [0.29, 0.717) is 16.7 Å². The van der Waals surface area contributed by atoms with Crippen molar-refractivity contribution in [2.45, 2.75) is 12.1 Å². The number of hydrogen-bond donors (Lipinski definition) is 1. The fourth-order valence-electron chi connectivity index (χ4n) is 2.33. The number of nitrogens with one attached hydrogen (secondary N) is 1. The van der Waals surface area contributed by atoms with Crippen molar-refractivity contribution >= 4 is 35.0 Å². The van der Waals surface area contributed by atoms with Gasteiger partial charge in [0.2, 0.25) is 11.8 Å². The molecule has 1 N–H and O–H groups in total. The highest BCUT2D eigenvalue weighted by atomic mass is 32.2. The van der Waals surface area contributed by atoms with Crippen molar-refractivity contribution in [2.75, 3.05) is 11.1 Å². The minimum absolute atomic E-state index is 0.0388. The number of rotatable bonds is 6. The summed E-state index contributed by atoms with van der Waals surface area (Å²) < 4.78 is 1.15. The number of non-ortho nitro benzene ring substituents is 1. The fourth-order valence-corrected chi connectivity index (χ4v) is 3.11. The van der Waals surface area contributed by atoms with Crippen molar-refractivity contribution in [3.8, 4) is 11.4 Å². The summed E-state index contributed by atoms with van der Waals surface area (Å²) in [5.41, 5.74) is 0.956. The molecule has 0 bridgehead atoms. The molecule has 9 nitrogen and oxygen atoms in total. The minimum atomic E-state index is -0.537. The topological polar surface area (TPSA) is 120 Å². The number of nitro groups is 1. The molecule has 3 rings (SSSR count). The monoisotopic (exact) mass is 397 g/mol. The van der Waals surface area contributed by atoms with Crippen LogP contribution in [0.25, 0.3) is 11.4 Å². The molecule has 0 fully saturated rings. The summed E-state index contributed by atoms with van der Waals surface area (Å²) >= 11 is 1.05. The number of benzene rings is 2. The molecule has 0 aliphatic rings. The lowest BCUT2D eigenvalue weighted by Gasteiger charge is -2.05. The third-order valence-electron chi connectivity index (χ3n) is 3.58. The Kier molecular flexibility index (Phi) is 5.80. The zero-order valence-corrected chi connectivity index (χ0v) is 15.5. The van der Waals surface area contributed by atoms with E-state index >= 15 is 0 Å². The van der Waals surface area contributed by atoms with Crippen molar-refractivity contribution in [1.82, 2.24) is 14.8 Å². The highest BCUT2D eigenvalue weighted by molar-refractivity contribution is 7.99. The van der Waals surface area contributed by atoms with Gasteiger partial charge in [0.15, 0.2) is 11.0 Å². The molecule has 1 heterocycles. The summed E-state index contributed by atoms with van der Waals surface area (Å²) in [6.45, 7) is 1.36. The fraction of sp³-hybridized carbons (Fsp3) is 0.111. The zero-order valence-electron chi connectivity index (χ0n) is 14.7. The molecule has 1 amide bonds. The molecule has 28 heavy (non-hydrogen) atoms. The number of amides is 1. The Labute approximate surface area is 163 Å². The van der Waals surface area contributed by atoms with Crippen LogP contribution in [-0.2, 0) is 4.79 Å². The predicted molar refractivity (Wildman–Crippen MR) is 104 cm³/mol. The van der Waals surface area contributed by atoms with Gasteiger partial charge in [-0.3, -0.25) is 19.7 Å². The van der Waals surface area contributed by atoms with Gasteiger partial charge in [0.1, 0.15) is 0 Å². The number of nitro benzene ring substituents is 1. The van der Waals surface area contributed by atoms with Crippen LogP contribution in [0, 0.1) is 10.1 Å². The van der Waals surface area contributed by atoms with Crippen molar-refractivity contribution in [1.29, 1.82) is 0 Å². The van der Waals surface area contributed by atoms with E-state index in [2.05, 4.69) is 15.4 Å². The quantitative estimate of drug-likeness (QED) is 0.385. The molecular weight excluding hydrogens is 382 g/mol. The summed E-state index contributed by atoms with van der Waals surface area (Å²) in [6.07, 6.45) is 0. The molecule has 0 spiro atoms. The first kappa shape index (κ1) is 19.2. The molecule has 0 aliphatic heterocycles. The average molecular weight is 397 g/mol. The van der Waals surface area contributed by atoms with E-state index < -0.39 is 4.92 Å². The number of hydrogen-bond acceptors (Lipinski definition) is 7. The molecular formula is C18H15N5O4S. The maximum absolute atomic E-state index is 12.2. The second kappa shape index (κ2) is 8.44. The Morgan fingerprint density at radius 3 is 2.61 bits per heavy atom. The van der Waals surface area contributed by atoms with Crippen LogP contribution in [0.1, 0.15) is 11.7 Å². The normalized spacial score (nSPS) is 10.5. The van der Waals surface area contributed by atoms with Crippen LogP contribution < -0.4 is 5.32 Å². The third-order valence-corrected chi connectivity index (χ3v) is 4.51. The molecule has 0 saturated carbocycles. The molecule has 0 radical (unpaired) electrons. The third kappa shape index (κ3) is 4.60. The first-order valence-electron chi connectivity index (χ1n) is 8.14. The Morgan fingerprint density at radius 1 is 1.18 bits per heavy atom. The van der Waals surface area contributed by atoms with Crippen LogP contribution in [0.15, 0.2) is 59.8 Å². The van der Waals surface area contributed by atoms with Crippen molar-refractivity contribution < 1.29 is 14.5 Å². The van der Waals surface area contributed by atoms with Crippen LogP contribution in [0.3, 0.4) is 0 Å². The van der Waals surface area contributed by atoms with Gasteiger partial charge in [0.05, 0.1) is 10.7 Å². The predicted octanol–water partition coefficient (Wildman–Crippen LogP) is 3.24. The molecule has 0 atom stereocenters. The summed E-state index contributed by atoms with van der Waals surface area (Å²) in [5.74, 6) is -0.360. The number of nitrogens with zero attached hydrogens (tertiary/aromatic N) is 4. The minimum Gasteiger partial charge on any atom is -0.325 e. The Balaban J connectivity index is 1.70. The van der Waals surface area contributed by atoms with Crippen LogP contribution >= 0.6 is 11.8 Å². The first-order chi connectivity index (χ1) is 13.4. The summed E-state index contributed by atoms with van der Waals surface area (Å²) in [5, 5.41) is 17.9. The van der Waals surface area contributed by atoms with E-state index in [1.807, 2.05) is 30.3 Å². The van der Waals surface area contributed by atoms with Crippen molar-refractivity contribution in [3.05, 3.63) is 64.7 Å². The number of thioether (sulfide) groups is 1. The number of anilines is 1. The van der Waals surface area contributed by atoms with Gasteiger partial charge in [-0.1, -0.05) is 48.2 Å². The van der Waals surface area contributed by atoms with E-state index in [9.17, 15) is 19.7 Å². The number of aromatic nitrogens is 3. The molecule has 0 saturated heterocycles. The smallest absolute Gasteiger partial charge is 0.271 e. The Hall–Kier alpha value is -3.53. The molecule has 1 aromatic heterocycles. The zero-order chi connectivity index (χ0) is 20.1. The highest BCUT2D eigenvalue weighted by Crippen LogP contribution is 2.22. The SMILES string of the molecule is CC(=O)n1nc(-c2ccccc2)nc1SCC(=O)Nc1cccc([N+](=O)[O-])c1. The lowest BCUT2D eigenvalue weighted by atomic mass is 10.2. The first-order valence-corrected chi connectivity index (χ1v) is 9.13. The molecule has 0 unspecified atom stereocenters. The van der Waals surface area contributed by atoms with E-state index in [1.165, 1.54) is 25.1 Å². The molecule has 10 heteroatoms. The van der Waals surface area contributed by atoms with Gasteiger partial charge in [-0.05, 0) is 6.07 Å². The number of carbonyl (C=O) groups is 2. The Bertz CT molecular complexity index is 1040. The lowest BCUT2D eigenvalue weighted by molar-refractivity contribution is -0.384. The van der Waals surface area contributed by atoms with E-state index in [0.717, 1.165) is 22.0 Å². The van der Waals surface area contributed by atoms with Crippen LogP contribution in [0.2, 0.25) is 0 Å². The van der Waals surface area contributed by atoms with Gasteiger partial charge in [-0.25, -0.2) is 4.98 Å². The van der Waals surface area contributed by atoms with Gasteiger partial charge < -0.3 is 5.32 Å². The van der Waals surface area contributed by atoms with Crippen LogP contribution in [0.5, 0.6) is 0 Å². The average Bonchev–Trinajstić information content (AvgIpc) is 3.12. The summed E-state index contributed by atoms with van der Waals surface area (Å²) in [4.78, 5) is 38.6. The largest absolute Gasteiger partial charge is 0.325 e. The highest BCUT2D eigenvalue weighted by Gasteiger charge is 2.16. The standard InChI is InChI=1S/C18H15N5O4S/c1-12(24)22-18(20-17(21-22)13-6-3-2-4-7-13)28-11-16(25)19-14-8-5-9-15(10-14)23(26)27/h2-10H,11H2,1H3,(H,19,25). The van der Waals surface area contributed by atoms with Gasteiger partial charge in [-0.15, -0.1) is 5.10 Å². The maximum atomic E-state index is 12.2. The molecule has 0 aliphatic carbocycles. The van der Waals surface area contributed by atoms with Crippen molar-refractivity contribution in [2.24, 2.45) is 0 Å². The second-order valence-electron chi connectivity index (χ2n) is 5.66. The van der Waals surface area contributed by atoms with E-state index in [1.54, 1.807) is 6.07 Å². The van der Waals surface area contributed by atoms with Gasteiger partial charge >= 0.3 is 0 Å². The maximum Gasteiger partial charge on any atom is 0.271 e. The molecule has 142 valence electrons. The van der Waals surface area contributed by atoms with Crippen LogP contribution in [-0.4, -0.2) is 37.3 Å². The summed E-state index contributed by atoms with van der Waals surface area (Å²) in [7, 11) is 0. The van der Waals surface area contributed by atoms with E-state index in [-0.39, 0.29) is 23.3 Å². The Morgan fingerprint density at radius 2 is 1.93 bits per heavy atom. The van der Waals surface area contributed by atoms with Crippen molar-refractivity contribution in [3.63, 3.8) is 0 Å². The van der Waals surface area contributed by atoms with Gasteiger partial charge in [-0.2, -0.15) is 4.68 Å². The molecule has 3 aromatic rings. The second-order valence-corrected chi connectivity index (χ2v) is 6.60. The van der Waals surface area contributed by atoms with E-state index in [4.69, 9.17) is 0 Å². The van der Waals surface area contributed by atoms with Crippen LogP contribution in [0.4, 0.5) is 11.4 Å². The van der Waals surface area contributed by atoms with Gasteiger partial charge in [0, 0.05) is 30.3 Å². The number of carbonyl (C=O) groups excluding carboxylic acids is 2. The van der Waals surface area contributed by atoms with Gasteiger partial charge in [0.25, 0.3) is 5.69 Å². The molecule has 2 aromatic carbocycles. The summed E-state index contributed by atoms with van der Waals surface area (Å²) in [6, 6.07) is 14.8. The lowest BCUT2D eigenvalue weighted by Crippen LogP contribution is -2.15.